The fourth-order valence-corrected chi connectivity index (χ4v) is 4.26. The second kappa shape index (κ2) is 9.65. The third kappa shape index (κ3) is 5.12. The van der Waals surface area contributed by atoms with Crippen LogP contribution >= 0.6 is 0 Å². The van der Waals surface area contributed by atoms with Crippen LogP contribution in [0.2, 0.25) is 0 Å². The van der Waals surface area contributed by atoms with Crippen molar-refractivity contribution in [2.75, 3.05) is 36.4 Å². The Morgan fingerprint density at radius 1 is 0.833 bits per heavy atom. The highest BCUT2D eigenvalue weighted by atomic mass is 16.2. The Balaban J connectivity index is 1.30. The summed E-state index contributed by atoms with van der Waals surface area (Å²) in [6.07, 6.45) is 5.72. The molecule has 6 heteroatoms. The fourth-order valence-electron chi connectivity index (χ4n) is 4.26. The number of para-hydroxylation sites is 1. The Bertz CT molecular complexity index is 857. The summed E-state index contributed by atoms with van der Waals surface area (Å²) in [7, 11) is 0. The average Bonchev–Trinajstić information content (AvgIpc) is 2.80. The Labute approximate surface area is 178 Å². The van der Waals surface area contributed by atoms with Gasteiger partial charge in [-0.1, -0.05) is 43.5 Å². The monoisotopic (exact) mass is 406 g/mol. The number of piperazine rings is 1. The number of carbonyl (C=O) groups is 2. The van der Waals surface area contributed by atoms with Crippen LogP contribution in [-0.2, 0) is 0 Å². The summed E-state index contributed by atoms with van der Waals surface area (Å²) >= 11 is 0. The molecular weight excluding hydrogens is 376 g/mol. The largest absolute Gasteiger partial charge is 0.368 e. The van der Waals surface area contributed by atoms with Crippen molar-refractivity contribution < 1.29 is 9.59 Å². The fraction of sp³-hybridized carbons (Fsp3) is 0.417. The Kier molecular flexibility index (Phi) is 6.52. The van der Waals surface area contributed by atoms with Crippen molar-refractivity contribution in [3.63, 3.8) is 0 Å². The lowest BCUT2D eigenvalue weighted by atomic mass is 9.95. The maximum Gasteiger partial charge on any atom is 0.321 e. The number of urea groups is 1. The van der Waals surface area contributed by atoms with E-state index >= 15 is 0 Å². The van der Waals surface area contributed by atoms with Gasteiger partial charge in [0.25, 0.3) is 5.91 Å². The lowest BCUT2D eigenvalue weighted by Crippen LogP contribution is -2.50. The molecule has 2 aliphatic rings. The van der Waals surface area contributed by atoms with Crippen molar-refractivity contribution in [1.82, 2.24) is 10.2 Å². The summed E-state index contributed by atoms with van der Waals surface area (Å²) in [6.45, 7) is 2.95. The Morgan fingerprint density at radius 2 is 1.57 bits per heavy atom. The van der Waals surface area contributed by atoms with E-state index in [1.165, 1.54) is 24.9 Å². The number of carbonyl (C=O) groups excluding carboxylic acids is 2. The highest BCUT2D eigenvalue weighted by Gasteiger charge is 2.22. The molecule has 30 heavy (non-hydrogen) atoms. The predicted molar refractivity (Wildman–Crippen MR) is 120 cm³/mol. The number of hydrogen-bond donors (Lipinski definition) is 2. The van der Waals surface area contributed by atoms with Gasteiger partial charge in [-0.15, -0.1) is 0 Å². The molecule has 1 aliphatic carbocycles. The van der Waals surface area contributed by atoms with Crippen LogP contribution in [0.3, 0.4) is 0 Å². The molecule has 3 amide bonds. The molecule has 2 aromatic carbocycles. The van der Waals surface area contributed by atoms with Gasteiger partial charge in [-0.05, 0) is 43.2 Å². The van der Waals surface area contributed by atoms with Crippen molar-refractivity contribution in [1.29, 1.82) is 0 Å². The zero-order valence-corrected chi connectivity index (χ0v) is 17.3. The number of benzene rings is 2. The van der Waals surface area contributed by atoms with Gasteiger partial charge in [0.1, 0.15) is 0 Å². The lowest BCUT2D eigenvalue weighted by Gasteiger charge is -2.36. The van der Waals surface area contributed by atoms with E-state index in [0.717, 1.165) is 25.9 Å². The van der Waals surface area contributed by atoms with Crippen molar-refractivity contribution in [2.45, 2.75) is 38.1 Å². The first-order chi connectivity index (χ1) is 14.7. The number of amides is 3. The molecule has 1 aliphatic heterocycles. The van der Waals surface area contributed by atoms with Gasteiger partial charge in [0.2, 0.25) is 0 Å². The van der Waals surface area contributed by atoms with Crippen molar-refractivity contribution in [2.24, 2.45) is 0 Å². The topological polar surface area (TPSA) is 64.7 Å². The highest BCUT2D eigenvalue weighted by molar-refractivity contribution is 5.97. The van der Waals surface area contributed by atoms with E-state index in [2.05, 4.69) is 27.7 Å². The Hall–Kier alpha value is -3.02. The molecule has 0 radical (unpaired) electrons. The Morgan fingerprint density at radius 3 is 2.30 bits per heavy atom. The van der Waals surface area contributed by atoms with E-state index in [1.54, 1.807) is 12.1 Å². The maximum atomic E-state index is 12.7. The highest BCUT2D eigenvalue weighted by Crippen LogP contribution is 2.19. The summed E-state index contributed by atoms with van der Waals surface area (Å²) in [5.74, 6) is -0.0607. The third-order valence-corrected chi connectivity index (χ3v) is 6.00. The van der Waals surface area contributed by atoms with E-state index in [1.807, 2.05) is 35.2 Å². The van der Waals surface area contributed by atoms with Crippen molar-refractivity contribution in [3.05, 3.63) is 60.2 Å². The van der Waals surface area contributed by atoms with Gasteiger partial charge < -0.3 is 20.4 Å². The van der Waals surface area contributed by atoms with Gasteiger partial charge in [-0.2, -0.15) is 0 Å². The standard InChI is InChI=1S/C24H30N4O2/c29-23(25-20-9-3-1-4-10-20)19-8-7-11-21(18-19)26-24(30)28-16-14-27(15-17-28)22-12-5-2-6-13-22/h2,5-8,11-13,18,20H,1,3-4,9-10,14-17H2,(H,25,29)(H,26,30). The van der Waals surface area contributed by atoms with E-state index in [0.29, 0.717) is 24.3 Å². The van der Waals surface area contributed by atoms with Crippen LogP contribution in [0.25, 0.3) is 0 Å². The van der Waals surface area contributed by atoms with E-state index in [4.69, 9.17) is 0 Å². The lowest BCUT2D eigenvalue weighted by molar-refractivity contribution is 0.0927. The van der Waals surface area contributed by atoms with Gasteiger partial charge in [-0.3, -0.25) is 4.79 Å². The first-order valence-corrected chi connectivity index (χ1v) is 11.0. The van der Waals surface area contributed by atoms with Crippen LogP contribution in [0.1, 0.15) is 42.5 Å². The summed E-state index contributed by atoms with van der Waals surface area (Å²) in [5.41, 5.74) is 2.43. The van der Waals surface area contributed by atoms with Crippen LogP contribution in [0.15, 0.2) is 54.6 Å². The molecule has 1 heterocycles. The molecule has 0 atom stereocenters. The van der Waals surface area contributed by atoms with Crippen LogP contribution in [-0.4, -0.2) is 49.1 Å². The van der Waals surface area contributed by atoms with Gasteiger partial charge in [-0.25, -0.2) is 4.79 Å². The molecule has 2 fully saturated rings. The average molecular weight is 407 g/mol. The molecular formula is C24H30N4O2. The van der Waals surface area contributed by atoms with Crippen molar-refractivity contribution in [3.8, 4) is 0 Å². The minimum absolute atomic E-state index is 0.0607. The number of rotatable bonds is 4. The smallest absolute Gasteiger partial charge is 0.321 e. The summed E-state index contributed by atoms with van der Waals surface area (Å²) in [4.78, 5) is 29.4. The molecule has 2 N–H and O–H groups in total. The first kappa shape index (κ1) is 20.3. The number of nitrogens with one attached hydrogen (secondary N) is 2. The van der Waals surface area contributed by atoms with Crippen LogP contribution in [0.5, 0.6) is 0 Å². The zero-order valence-electron chi connectivity index (χ0n) is 17.3. The van der Waals surface area contributed by atoms with Gasteiger partial charge in [0.15, 0.2) is 0 Å². The van der Waals surface area contributed by atoms with Crippen LogP contribution in [0.4, 0.5) is 16.2 Å². The predicted octanol–water partition coefficient (Wildman–Crippen LogP) is 4.10. The van der Waals surface area contributed by atoms with Crippen LogP contribution < -0.4 is 15.5 Å². The quantitative estimate of drug-likeness (QED) is 0.803. The molecule has 1 saturated heterocycles. The van der Waals surface area contributed by atoms with E-state index < -0.39 is 0 Å². The molecule has 6 nitrogen and oxygen atoms in total. The number of nitrogens with zero attached hydrogens (tertiary/aromatic N) is 2. The van der Waals surface area contributed by atoms with Gasteiger partial charge >= 0.3 is 6.03 Å². The molecule has 2 aromatic rings. The summed E-state index contributed by atoms with van der Waals surface area (Å²) in [5, 5.41) is 6.09. The van der Waals surface area contributed by atoms with Crippen molar-refractivity contribution >= 4 is 23.3 Å². The first-order valence-electron chi connectivity index (χ1n) is 11.0. The second-order valence-electron chi connectivity index (χ2n) is 8.13. The molecule has 0 spiro atoms. The zero-order chi connectivity index (χ0) is 20.8. The third-order valence-electron chi connectivity index (χ3n) is 6.00. The van der Waals surface area contributed by atoms with E-state index in [9.17, 15) is 9.59 Å². The normalized spacial score (nSPS) is 17.5. The molecule has 0 bridgehead atoms. The molecule has 0 aromatic heterocycles. The maximum absolute atomic E-state index is 12.7. The minimum Gasteiger partial charge on any atom is -0.368 e. The SMILES string of the molecule is O=C(NC1CCCCC1)c1cccc(NC(=O)N2CCN(c3ccccc3)CC2)c1. The molecule has 0 unspecified atom stereocenters. The van der Waals surface area contributed by atoms with E-state index in [-0.39, 0.29) is 18.0 Å². The number of hydrogen-bond acceptors (Lipinski definition) is 3. The number of anilines is 2. The summed E-state index contributed by atoms with van der Waals surface area (Å²) < 4.78 is 0. The van der Waals surface area contributed by atoms with Crippen LogP contribution in [0, 0.1) is 0 Å². The summed E-state index contributed by atoms with van der Waals surface area (Å²) in [6, 6.07) is 17.6. The van der Waals surface area contributed by atoms with Gasteiger partial charge in [0, 0.05) is 49.2 Å². The molecule has 1 saturated carbocycles. The minimum atomic E-state index is -0.118. The molecule has 4 rings (SSSR count). The van der Waals surface area contributed by atoms with Gasteiger partial charge in [0.05, 0.1) is 0 Å². The second-order valence-corrected chi connectivity index (χ2v) is 8.13. The molecule has 158 valence electrons.